The molecule has 26 heavy (non-hydrogen) atoms. The van der Waals surface area contributed by atoms with Gasteiger partial charge in [0.1, 0.15) is 0 Å². The number of rotatable bonds is 7. The van der Waals surface area contributed by atoms with Crippen LogP contribution >= 0.6 is 23.2 Å². The zero-order chi connectivity index (χ0) is 18.9. The van der Waals surface area contributed by atoms with Crippen molar-refractivity contribution in [2.75, 3.05) is 19.6 Å². The third-order valence-corrected chi connectivity index (χ3v) is 3.90. The SMILES string of the molecule is O=C(CNC(=O)c1ccc(Cl)cc1Cl)NCCNC(=O)c1ccccc1. The van der Waals surface area contributed by atoms with Gasteiger partial charge in [-0.25, -0.2) is 0 Å². The standard InChI is InChI=1S/C18H17Cl2N3O3/c19-13-6-7-14(15(20)10-13)18(26)23-11-16(24)21-8-9-22-17(25)12-4-2-1-3-5-12/h1-7,10H,8-9,11H2,(H,21,24)(H,22,25)(H,23,26). The second-order valence-corrected chi connectivity index (χ2v) is 6.12. The van der Waals surface area contributed by atoms with E-state index in [0.717, 1.165) is 0 Å². The molecule has 0 aliphatic carbocycles. The van der Waals surface area contributed by atoms with E-state index in [0.29, 0.717) is 10.6 Å². The molecule has 136 valence electrons. The Morgan fingerprint density at radius 3 is 2.19 bits per heavy atom. The predicted molar refractivity (Wildman–Crippen MR) is 101 cm³/mol. The summed E-state index contributed by atoms with van der Waals surface area (Å²) in [4.78, 5) is 35.5. The first kappa shape index (κ1) is 19.8. The number of hydrogen-bond donors (Lipinski definition) is 3. The van der Waals surface area contributed by atoms with Gasteiger partial charge in [0.25, 0.3) is 11.8 Å². The predicted octanol–water partition coefficient (Wildman–Crippen LogP) is 2.27. The lowest BCUT2D eigenvalue weighted by Gasteiger charge is -2.09. The zero-order valence-electron chi connectivity index (χ0n) is 13.7. The number of carbonyl (C=O) groups excluding carboxylic acids is 3. The highest BCUT2D eigenvalue weighted by atomic mass is 35.5. The van der Waals surface area contributed by atoms with Crippen molar-refractivity contribution in [3.63, 3.8) is 0 Å². The lowest BCUT2D eigenvalue weighted by Crippen LogP contribution is -2.40. The summed E-state index contributed by atoms with van der Waals surface area (Å²) >= 11 is 11.7. The van der Waals surface area contributed by atoms with Crippen molar-refractivity contribution in [1.29, 1.82) is 0 Å². The van der Waals surface area contributed by atoms with Crippen molar-refractivity contribution >= 4 is 40.9 Å². The zero-order valence-corrected chi connectivity index (χ0v) is 15.2. The Kier molecular flexibility index (Phi) is 7.44. The van der Waals surface area contributed by atoms with Crippen LogP contribution in [0.3, 0.4) is 0 Å². The molecule has 0 fully saturated rings. The number of amides is 3. The van der Waals surface area contributed by atoms with Crippen LogP contribution < -0.4 is 16.0 Å². The summed E-state index contributed by atoms with van der Waals surface area (Å²) in [6, 6.07) is 13.2. The maximum Gasteiger partial charge on any atom is 0.253 e. The average Bonchev–Trinajstić information content (AvgIpc) is 2.63. The molecule has 0 bridgehead atoms. The number of hydrogen-bond acceptors (Lipinski definition) is 3. The lowest BCUT2D eigenvalue weighted by molar-refractivity contribution is -0.120. The van der Waals surface area contributed by atoms with Crippen molar-refractivity contribution < 1.29 is 14.4 Å². The Morgan fingerprint density at radius 1 is 0.808 bits per heavy atom. The fourth-order valence-corrected chi connectivity index (χ4v) is 2.56. The Labute approximate surface area is 160 Å². The van der Waals surface area contributed by atoms with Crippen molar-refractivity contribution in [3.8, 4) is 0 Å². The van der Waals surface area contributed by atoms with E-state index in [9.17, 15) is 14.4 Å². The Morgan fingerprint density at radius 2 is 1.50 bits per heavy atom. The molecular weight excluding hydrogens is 377 g/mol. The molecule has 0 aliphatic heterocycles. The molecule has 6 nitrogen and oxygen atoms in total. The van der Waals surface area contributed by atoms with Crippen LogP contribution in [0.15, 0.2) is 48.5 Å². The minimum absolute atomic E-state index is 0.204. The number of carbonyl (C=O) groups is 3. The molecular formula is C18H17Cl2N3O3. The summed E-state index contributed by atoms with van der Waals surface area (Å²) in [5.74, 6) is -1.07. The highest BCUT2D eigenvalue weighted by Gasteiger charge is 2.12. The van der Waals surface area contributed by atoms with Gasteiger partial charge in [0, 0.05) is 23.7 Å². The molecule has 0 aromatic heterocycles. The average molecular weight is 394 g/mol. The lowest BCUT2D eigenvalue weighted by atomic mass is 10.2. The minimum Gasteiger partial charge on any atom is -0.353 e. The quantitative estimate of drug-likeness (QED) is 0.630. The van der Waals surface area contributed by atoms with Gasteiger partial charge in [-0.05, 0) is 30.3 Å². The monoisotopic (exact) mass is 393 g/mol. The largest absolute Gasteiger partial charge is 0.353 e. The molecule has 2 rings (SSSR count). The van der Waals surface area contributed by atoms with Crippen LogP contribution in [-0.2, 0) is 4.79 Å². The molecule has 3 N–H and O–H groups in total. The van der Waals surface area contributed by atoms with Crippen LogP contribution in [0, 0.1) is 0 Å². The molecule has 8 heteroatoms. The fourth-order valence-electron chi connectivity index (χ4n) is 2.06. The first-order valence-electron chi connectivity index (χ1n) is 7.80. The van der Waals surface area contributed by atoms with Gasteiger partial charge < -0.3 is 16.0 Å². The summed E-state index contributed by atoms with van der Waals surface area (Å²) in [6.45, 7) is 0.315. The maximum atomic E-state index is 12.0. The van der Waals surface area contributed by atoms with Gasteiger partial charge in [-0.1, -0.05) is 41.4 Å². The third kappa shape index (κ3) is 6.06. The first-order valence-corrected chi connectivity index (χ1v) is 8.56. The van der Waals surface area contributed by atoms with E-state index in [-0.39, 0.29) is 42.0 Å². The summed E-state index contributed by atoms with van der Waals surface area (Å²) < 4.78 is 0. The summed E-state index contributed by atoms with van der Waals surface area (Å²) in [5.41, 5.74) is 0.782. The number of nitrogens with one attached hydrogen (secondary N) is 3. The third-order valence-electron chi connectivity index (χ3n) is 3.35. The van der Waals surface area contributed by atoms with Gasteiger partial charge in [-0.3, -0.25) is 14.4 Å². The van der Waals surface area contributed by atoms with Crippen LogP contribution in [0.5, 0.6) is 0 Å². The first-order chi connectivity index (χ1) is 12.5. The Balaban J connectivity index is 1.67. The van der Waals surface area contributed by atoms with E-state index in [4.69, 9.17) is 23.2 Å². The molecule has 0 atom stereocenters. The smallest absolute Gasteiger partial charge is 0.253 e. The van der Waals surface area contributed by atoms with Gasteiger partial charge in [0.05, 0.1) is 17.1 Å². The highest BCUT2D eigenvalue weighted by molar-refractivity contribution is 6.36. The van der Waals surface area contributed by atoms with Crippen molar-refractivity contribution in [2.24, 2.45) is 0 Å². The van der Waals surface area contributed by atoms with E-state index >= 15 is 0 Å². The molecule has 0 saturated heterocycles. The van der Waals surface area contributed by atoms with Gasteiger partial charge in [-0.15, -0.1) is 0 Å². The summed E-state index contributed by atoms with van der Waals surface area (Å²) in [5, 5.41) is 8.38. The normalized spacial score (nSPS) is 10.1. The van der Waals surface area contributed by atoms with Gasteiger partial charge in [0.15, 0.2) is 0 Å². The van der Waals surface area contributed by atoms with E-state index in [1.807, 2.05) is 6.07 Å². The van der Waals surface area contributed by atoms with Gasteiger partial charge in [0.2, 0.25) is 5.91 Å². The van der Waals surface area contributed by atoms with Crippen LogP contribution in [-0.4, -0.2) is 37.4 Å². The van der Waals surface area contributed by atoms with Gasteiger partial charge >= 0.3 is 0 Å². The summed E-state index contributed by atoms with van der Waals surface area (Å²) in [6.07, 6.45) is 0. The Hall–Kier alpha value is -2.57. The molecule has 0 unspecified atom stereocenters. The fraction of sp³-hybridized carbons (Fsp3) is 0.167. The molecule has 3 amide bonds. The second-order valence-electron chi connectivity index (χ2n) is 5.28. The van der Waals surface area contributed by atoms with E-state index in [1.165, 1.54) is 18.2 Å². The molecule has 0 aliphatic rings. The van der Waals surface area contributed by atoms with Gasteiger partial charge in [-0.2, -0.15) is 0 Å². The highest BCUT2D eigenvalue weighted by Crippen LogP contribution is 2.20. The van der Waals surface area contributed by atoms with E-state index < -0.39 is 5.91 Å². The Bertz CT molecular complexity index is 798. The molecule has 0 saturated carbocycles. The molecule has 2 aromatic carbocycles. The molecule has 0 spiro atoms. The van der Waals surface area contributed by atoms with Crippen LogP contribution in [0.4, 0.5) is 0 Å². The van der Waals surface area contributed by atoms with Crippen LogP contribution in [0.25, 0.3) is 0 Å². The van der Waals surface area contributed by atoms with Crippen molar-refractivity contribution in [1.82, 2.24) is 16.0 Å². The summed E-state index contributed by atoms with van der Waals surface area (Å²) in [7, 11) is 0. The van der Waals surface area contributed by atoms with Crippen molar-refractivity contribution in [2.45, 2.75) is 0 Å². The number of halogens is 2. The minimum atomic E-state index is -0.473. The molecule has 0 radical (unpaired) electrons. The van der Waals surface area contributed by atoms with Crippen LogP contribution in [0.1, 0.15) is 20.7 Å². The van der Waals surface area contributed by atoms with E-state index in [1.54, 1.807) is 24.3 Å². The topological polar surface area (TPSA) is 87.3 Å². The van der Waals surface area contributed by atoms with Crippen molar-refractivity contribution in [3.05, 3.63) is 69.7 Å². The number of benzene rings is 2. The molecule has 2 aromatic rings. The van der Waals surface area contributed by atoms with E-state index in [2.05, 4.69) is 16.0 Å². The second kappa shape index (κ2) is 9.79. The molecule has 0 heterocycles. The maximum absolute atomic E-state index is 12.0. The van der Waals surface area contributed by atoms with Crippen LogP contribution in [0.2, 0.25) is 10.0 Å².